The Hall–Kier alpha value is -6.56. The van der Waals surface area contributed by atoms with Gasteiger partial charge < -0.3 is 4.90 Å². The second-order valence-corrected chi connectivity index (χ2v) is 17.9. The van der Waals surface area contributed by atoms with Gasteiger partial charge in [-0.15, -0.1) is 34.0 Å². The first-order valence-electron chi connectivity index (χ1n) is 19.6. The van der Waals surface area contributed by atoms with Crippen molar-refractivity contribution in [1.29, 1.82) is 0 Å². The highest BCUT2D eigenvalue weighted by atomic mass is 32.1. The molecule has 4 heteroatoms. The lowest BCUT2D eigenvalue weighted by Gasteiger charge is -2.26. The van der Waals surface area contributed by atoms with Gasteiger partial charge >= 0.3 is 0 Å². The molecular weight excluding hydrogens is 759 g/mol. The zero-order valence-corrected chi connectivity index (χ0v) is 33.7. The molecule has 3 aromatic heterocycles. The van der Waals surface area contributed by atoms with E-state index in [1.807, 2.05) is 34.0 Å². The summed E-state index contributed by atoms with van der Waals surface area (Å²) in [7, 11) is 0. The Labute approximate surface area is 347 Å². The van der Waals surface area contributed by atoms with Crippen LogP contribution in [0, 0.1) is 0 Å². The Morgan fingerprint density at radius 1 is 0.276 bits per heavy atom. The highest BCUT2D eigenvalue weighted by Gasteiger charge is 2.21. The van der Waals surface area contributed by atoms with Crippen molar-refractivity contribution < 1.29 is 0 Å². The predicted octanol–water partition coefficient (Wildman–Crippen LogP) is 17.3. The zero-order valence-electron chi connectivity index (χ0n) is 31.2. The van der Waals surface area contributed by atoms with Crippen LogP contribution in [0.5, 0.6) is 0 Å². The average molecular weight is 792 g/mol. The average Bonchev–Trinajstić information content (AvgIpc) is 3.99. The minimum Gasteiger partial charge on any atom is -0.309 e. The smallest absolute Gasteiger partial charge is 0.0640 e. The van der Waals surface area contributed by atoms with Gasteiger partial charge in [-0.1, -0.05) is 158 Å². The maximum atomic E-state index is 2.44. The van der Waals surface area contributed by atoms with Crippen molar-refractivity contribution in [2.45, 2.75) is 0 Å². The van der Waals surface area contributed by atoms with E-state index in [0.29, 0.717) is 0 Å². The molecule has 0 unspecified atom stereocenters. The van der Waals surface area contributed by atoms with Gasteiger partial charge in [0.05, 0.1) is 10.4 Å². The maximum Gasteiger partial charge on any atom is 0.0640 e. The molecule has 0 N–H and O–H groups in total. The molecular formula is C54H33NS3. The second kappa shape index (κ2) is 13.5. The Morgan fingerprint density at radius 3 is 1.43 bits per heavy atom. The molecule has 0 bridgehead atoms. The van der Waals surface area contributed by atoms with Crippen LogP contribution in [0.3, 0.4) is 0 Å². The van der Waals surface area contributed by atoms with Crippen LogP contribution < -0.4 is 4.90 Å². The first kappa shape index (κ1) is 33.6. The van der Waals surface area contributed by atoms with Crippen LogP contribution in [-0.2, 0) is 0 Å². The first-order chi connectivity index (χ1) is 28.8. The lowest BCUT2D eigenvalue weighted by atomic mass is 10.0. The van der Waals surface area contributed by atoms with Gasteiger partial charge in [-0.25, -0.2) is 0 Å². The fourth-order valence-corrected chi connectivity index (χ4v) is 12.7. The Kier molecular flexibility index (Phi) is 7.83. The van der Waals surface area contributed by atoms with Crippen molar-refractivity contribution >= 4 is 112 Å². The Balaban J connectivity index is 1.02. The normalized spacial score (nSPS) is 11.8. The summed E-state index contributed by atoms with van der Waals surface area (Å²) in [4.78, 5) is 2.44. The van der Waals surface area contributed by atoms with E-state index < -0.39 is 0 Å². The molecule has 0 fully saturated rings. The van der Waals surface area contributed by atoms with Crippen molar-refractivity contribution in [3.05, 3.63) is 200 Å². The first-order valence-corrected chi connectivity index (χ1v) is 22.0. The van der Waals surface area contributed by atoms with Gasteiger partial charge in [-0.3, -0.25) is 0 Å². The molecule has 12 rings (SSSR count). The molecule has 272 valence electrons. The van der Waals surface area contributed by atoms with Gasteiger partial charge in [0.25, 0.3) is 0 Å². The van der Waals surface area contributed by atoms with Crippen LogP contribution in [-0.4, -0.2) is 0 Å². The largest absolute Gasteiger partial charge is 0.309 e. The molecule has 0 saturated carbocycles. The molecule has 0 aliphatic heterocycles. The van der Waals surface area contributed by atoms with Gasteiger partial charge in [0, 0.05) is 67.2 Å². The molecule has 0 saturated heterocycles. The molecule has 1 nitrogen and oxygen atoms in total. The van der Waals surface area contributed by atoms with E-state index in [9.17, 15) is 0 Å². The predicted molar refractivity (Wildman–Crippen MR) is 256 cm³/mol. The Morgan fingerprint density at radius 2 is 0.759 bits per heavy atom. The van der Waals surface area contributed by atoms with Crippen LogP contribution in [0.25, 0.3) is 93.9 Å². The molecule has 0 aliphatic carbocycles. The van der Waals surface area contributed by atoms with Gasteiger partial charge in [-0.05, 0) is 75.8 Å². The second-order valence-electron chi connectivity index (χ2n) is 14.8. The highest BCUT2D eigenvalue weighted by molar-refractivity contribution is 7.30. The maximum absolute atomic E-state index is 2.44. The number of anilines is 3. The van der Waals surface area contributed by atoms with E-state index in [0.717, 1.165) is 11.4 Å². The molecule has 0 spiro atoms. The number of hydrogen-bond acceptors (Lipinski definition) is 4. The highest BCUT2D eigenvalue weighted by Crippen LogP contribution is 2.49. The number of nitrogens with zero attached hydrogens (tertiary/aromatic N) is 1. The molecule has 3 heterocycles. The number of hydrogen-bond donors (Lipinski definition) is 0. The van der Waals surface area contributed by atoms with Crippen molar-refractivity contribution in [1.82, 2.24) is 0 Å². The van der Waals surface area contributed by atoms with Crippen molar-refractivity contribution in [3.8, 4) is 33.4 Å². The third-order valence-corrected chi connectivity index (χ3v) is 15.2. The lowest BCUT2D eigenvalue weighted by molar-refractivity contribution is 1.30. The Bertz CT molecular complexity index is 3480. The number of thiophene rings is 3. The monoisotopic (exact) mass is 791 g/mol. The summed E-state index contributed by atoms with van der Waals surface area (Å²) in [6, 6.07) is 73.5. The zero-order chi connectivity index (χ0) is 38.2. The van der Waals surface area contributed by atoms with Crippen LogP contribution in [0.1, 0.15) is 0 Å². The fraction of sp³-hybridized carbons (Fsp3) is 0. The van der Waals surface area contributed by atoms with Crippen LogP contribution in [0.4, 0.5) is 17.1 Å². The quantitative estimate of drug-likeness (QED) is 0.162. The topological polar surface area (TPSA) is 3.24 Å². The summed E-state index contributed by atoms with van der Waals surface area (Å²) in [5.74, 6) is 0. The summed E-state index contributed by atoms with van der Waals surface area (Å²) in [6.07, 6.45) is 0. The fourth-order valence-electron chi connectivity index (χ4n) is 8.77. The van der Waals surface area contributed by atoms with E-state index in [2.05, 4.69) is 205 Å². The number of benzene rings is 9. The van der Waals surface area contributed by atoms with Gasteiger partial charge in [0.15, 0.2) is 0 Å². The summed E-state index contributed by atoms with van der Waals surface area (Å²) >= 11 is 5.72. The van der Waals surface area contributed by atoms with Gasteiger partial charge in [0.2, 0.25) is 0 Å². The van der Waals surface area contributed by atoms with Crippen molar-refractivity contribution in [3.63, 3.8) is 0 Å². The molecule has 58 heavy (non-hydrogen) atoms. The third kappa shape index (κ3) is 5.34. The SMILES string of the molecule is c1ccc(-c2ccc(N(c3ccc(-c4cccc5c4sc4c5ccc5sc6ccccc6c54)cc3)c3cccc4c3sc3c(-c5ccccc5)cccc34)cc2)cc1. The van der Waals surface area contributed by atoms with Crippen molar-refractivity contribution in [2.24, 2.45) is 0 Å². The summed E-state index contributed by atoms with van der Waals surface area (Å²) in [5, 5.41) is 7.98. The number of fused-ring (bicyclic) bond motifs is 10. The summed E-state index contributed by atoms with van der Waals surface area (Å²) in [5.41, 5.74) is 10.9. The molecule has 0 aliphatic rings. The minimum atomic E-state index is 1.12. The lowest BCUT2D eigenvalue weighted by Crippen LogP contribution is -2.10. The molecule has 0 amide bonds. The molecule has 9 aromatic carbocycles. The van der Waals surface area contributed by atoms with Gasteiger partial charge in [0.1, 0.15) is 0 Å². The minimum absolute atomic E-state index is 1.12. The van der Waals surface area contributed by atoms with E-state index in [-0.39, 0.29) is 0 Å². The van der Waals surface area contributed by atoms with Crippen LogP contribution >= 0.6 is 34.0 Å². The van der Waals surface area contributed by atoms with E-state index in [1.165, 1.54) is 99.6 Å². The third-order valence-electron chi connectivity index (χ3n) is 11.5. The van der Waals surface area contributed by atoms with Crippen LogP contribution in [0.2, 0.25) is 0 Å². The number of rotatable bonds is 6. The molecule has 12 aromatic rings. The van der Waals surface area contributed by atoms with E-state index >= 15 is 0 Å². The van der Waals surface area contributed by atoms with Crippen molar-refractivity contribution in [2.75, 3.05) is 4.90 Å². The summed E-state index contributed by atoms with van der Waals surface area (Å²) < 4.78 is 8.01. The molecule has 0 radical (unpaired) electrons. The van der Waals surface area contributed by atoms with Gasteiger partial charge in [-0.2, -0.15) is 0 Å². The van der Waals surface area contributed by atoms with E-state index in [4.69, 9.17) is 0 Å². The molecule has 0 atom stereocenters. The van der Waals surface area contributed by atoms with E-state index in [1.54, 1.807) is 0 Å². The standard InChI is InChI=1S/C54H33NS3/c1-3-12-34(13-4-1)35-24-28-38(29-25-35)55(47-22-11-21-44-42-19-9-17-40(51(42)57-53(44)47)36-14-5-2-6-15-36)39-30-26-37(27-31-39)41-18-10-20-43-45-32-33-49-50(54(45)58-52(41)43)46-16-7-8-23-48(46)56-49/h1-33H. The van der Waals surface area contributed by atoms with Crippen LogP contribution in [0.15, 0.2) is 200 Å². The summed E-state index contributed by atoms with van der Waals surface area (Å²) in [6.45, 7) is 0.